The lowest BCUT2D eigenvalue weighted by atomic mass is 10.1. The van der Waals surface area contributed by atoms with Crippen molar-refractivity contribution in [3.8, 4) is 11.5 Å². The van der Waals surface area contributed by atoms with E-state index < -0.39 is 11.5 Å². The molecule has 0 saturated carbocycles. The number of benzene rings is 1. The molecule has 27 heavy (non-hydrogen) atoms. The average Bonchev–Trinajstić information content (AvgIpc) is 3.05. The highest BCUT2D eigenvalue weighted by Crippen LogP contribution is 2.43. The van der Waals surface area contributed by atoms with Crippen molar-refractivity contribution in [1.82, 2.24) is 5.32 Å². The molecule has 1 aromatic rings. The molecule has 1 heterocycles. The van der Waals surface area contributed by atoms with E-state index >= 15 is 0 Å². The van der Waals surface area contributed by atoms with Crippen molar-refractivity contribution in [3.63, 3.8) is 0 Å². The van der Waals surface area contributed by atoms with Gasteiger partial charge in [0.1, 0.15) is 12.1 Å². The monoisotopic (exact) mass is 401 g/mol. The summed E-state index contributed by atoms with van der Waals surface area (Å²) in [7, 11) is 1.62. The second-order valence-electron chi connectivity index (χ2n) is 6.23. The zero-order chi connectivity index (χ0) is 19.7. The zero-order valence-electron chi connectivity index (χ0n) is 15.6. The standard InChI is InChI=1S/C18H27NO7S/c1-18(17(21)22)12-27-16(19-18)13-4-3-5-14(15(13)20)26-11-10-25-9-8-24-7-6-23-2/h3-5,16,19-20H,6-12H2,1-2H3,(H,21,22). The molecule has 2 unspecified atom stereocenters. The molecule has 0 aromatic heterocycles. The Bertz CT molecular complexity index is 615. The molecule has 0 spiro atoms. The van der Waals surface area contributed by atoms with Crippen molar-refractivity contribution in [2.45, 2.75) is 17.8 Å². The highest BCUT2D eigenvalue weighted by atomic mass is 32.2. The van der Waals surface area contributed by atoms with Gasteiger partial charge in [-0.25, -0.2) is 0 Å². The van der Waals surface area contributed by atoms with Gasteiger partial charge in [0.2, 0.25) is 0 Å². The number of ether oxygens (including phenoxy) is 4. The van der Waals surface area contributed by atoms with Crippen LogP contribution in [0, 0.1) is 0 Å². The minimum atomic E-state index is -1.02. The van der Waals surface area contributed by atoms with Crippen LogP contribution in [0.2, 0.25) is 0 Å². The Morgan fingerprint density at radius 2 is 1.89 bits per heavy atom. The molecule has 0 radical (unpaired) electrons. The number of thioether (sulfide) groups is 1. The van der Waals surface area contributed by atoms with E-state index in [4.69, 9.17) is 18.9 Å². The van der Waals surface area contributed by atoms with E-state index in [2.05, 4.69) is 5.32 Å². The van der Waals surface area contributed by atoms with Crippen LogP contribution < -0.4 is 10.1 Å². The summed E-state index contributed by atoms with van der Waals surface area (Å²) < 4.78 is 21.2. The molecule has 0 amide bonds. The Labute approximate surface area is 163 Å². The number of nitrogens with one attached hydrogen (secondary N) is 1. The van der Waals surface area contributed by atoms with Crippen LogP contribution in [-0.4, -0.2) is 74.2 Å². The van der Waals surface area contributed by atoms with Crippen LogP contribution in [-0.2, 0) is 19.0 Å². The van der Waals surface area contributed by atoms with Gasteiger partial charge < -0.3 is 29.2 Å². The number of aliphatic carboxylic acids is 1. The topological polar surface area (TPSA) is 106 Å². The number of phenols is 1. The van der Waals surface area contributed by atoms with Gasteiger partial charge >= 0.3 is 5.97 Å². The molecular weight excluding hydrogens is 374 g/mol. The molecule has 1 saturated heterocycles. The molecule has 1 aromatic carbocycles. The first-order valence-corrected chi connectivity index (χ1v) is 9.74. The molecular formula is C18H27NO7S. The number of carboxylic acid groups (broad SMARTS) is 1. The highest BCUT2D eigenvalue weighted by molar-refractivity contribution is 7.99. The van der Waals surface area contributed by atoms with Gasteiger partial charge in [-0.1, -0.05) is 12.1 Å². The number of hydrogen-bond donors (Lipinski definition) is 3. The lowest BCUT2D eigenvalue weighted by Crippen LogP contribution is -2.47. The maximum absolute atomic E-state index is 11.4. The second-order valence-corrected chi connectivity index (χ2v) is 7.33. The molecule has 9 heteroatoms. The molecule has 2 atom stereocenters. The van der Waals surface area contributed by atoms with E-state index in [0.29, 0.717) is 50.1 Å². The SMILES string of the molecule is COCCOCCOCCOc1cccc(C2NC(C)(C(=O)O)CS2)c1O. The Morgan fingerprint density at radius 1 is 1.22 bits per heavy atom. The Hall–Kier alpha value is -1.52. The summed E-state index contributed by atoms with van der Waals surface area (Å²) in [4.78, 5) is 11.4. The quantitative estimate of drug-likeness (QED) is 0.451. The zero-order valence-corrected chi connectivity index (χ0v) is 16.4. The van der Waals surface area contributed by atoms with Gasteiger partial charge in [-0.3, -0.25) is 10.1 Å². The summed E-state index contributed by atoms with van der Waals surface area (Å²) in [6.07, 6.45) is 0. The van der Waals surface area contributed by atoms with Gasteiger partial charge in [0.25, 0.3) is 0 Å². The normalized spacial score (nSPS) is 22.1. The van der Waals surface area contributed by atoms with Gasteiger partial charge in [-0.15, -0.1) is 11.8 Å². The summed E-state index contributed by atoms with van der Waals surface area (Å²) in [5, 5.41) is 22.5. The van der Waals surface area contributed by atoms with E-state index in [1.54, 1.807) is 32.2 Å². The third-order valence-corrected chi connectivity index (χ3v) is 5.51. The van der Waals surface area contributed by atoms with Crippen molar-refractivity contribution in [2.75, 3.05) is 52.5 Å². The number of methoxy groups -OCH3 is 1. The van der Waals surface area contributed by atoms with E-state index in [1.165, 1.54) is 11.8 Å². The number of phenolic OH excluding ortho intramolecular Hbond substituents is 1. The lowest BCUT2D eigenvalue weighted by molar-refractivity contribution is -0.142. The summed E-state index contributed by atoms with van der Waals surface area (Å²) in [5.41, 5.74) is -0.410. The smallest absolute Gasteiger partial charge is 0.324 e. The highest BCUT2D eigenvalue weighted by Gasteiger charge is 2.42. The summed E-state index contributed by atoms with van der Waals surface area (Å²) in [6.45, 7) is 4.31. The lowest BCUT2D eigenvalue weighted by Gasteiger charge is -2.20. The molecule has 1 fully saturated rings. The van der Waals surface area contributed by atoms with Crippen molar-refractivity contribution < 1.29 is 34.0 Å². The van der Waals surface area contributed by atoms with Crippen molar-refractivity contribution in [3.05, 3.63) is 23.8 Å². The second kappa shape index (κ2) is 10.7. The first kappa shape index (κ1) is 21.8. The first-order valence-electron chi connectivity index (χ1n) is 8.70. The fraction of sp³-hybridized carbons (Fsp3) is 0.611. The Balaban J connectivity index is 1.77. The molecule has 1 aliphatic rings. The molecule has 3 N–H and O–H groups in total. The van der Waals surface area contributed by atoms with Crippen LogP contribution in [0.1, 0.15) is 17.9 Å². The molecule has 0 aliphatic carbocycles. The van der Waals surface area contributed by atoms with Gasteiger partial charge in [-0.05, 0) is 13.0 Å². The molecule has 8 nitrogen and oxygen atoms in total. The van der Waals surface area contributed by atoms with Crippen LogP contribution in [0.15, 0.2) is 18.2 Å². The van der Waals surface area contributed by atoms with E-state index in [-0.39, 0.29) is 17.7 Å². The Kier molecular flexibility index (Phi) is 8.65. The molecule has 1 aliphatic heterocycles. The van der Waals surface area contributed by atoms with Gasteiger partial charge in [0.15, 0.2) is 11.5 Å². The summed E-state index contributed by atoms with van der Waals surface area (Å²) in [5.74, 6) is -0.135. The van der Waals surface area contributed by atoms with Crippen molar-refractivity contribution >= 4 is 17.7 Å². The Morgan fingerprint density at radius 3 is 2.52 bits per heavy atom. The molecule has 152 valence electrons. The van der Waals surface area contributed by atoms with Gasteiger partial charge in [-0.2, -0.15) is 0 Å². The average molecular weight is 401 g/mol. The third-order valence-electron chi connectivity index (χ3n) is 4.06. The van der Waals surface area contributed by atoms with Crippen LogP contribution in [0.4, 0.5) is 0 Å². The number of hydrogen-bond acceptors (Lipinski definition) is 8. The number of carboxylic acids is 1. The van der Waals surface area contributed by atoms with Gasteiger partial charge in [0.05, 0.1) is 38.4 Å². The summed E-state index contributed by atoms with van der Waals surface area (Å²) in [6, 6.07) is 5.20. The maximum atomic E-state index is 11.4. The fourth-order valence-electron chi connectivity index (χ4n) is 2.46. The van der Waals surface area contributed by atoms with E-state index in [9.17, 15) is 15.0 Å². The fourth-order valence-corrected chi connectivity index (χ4v) is 3.88. The number of para-hydroxylation sites is 1. The van der Waals surface area contributed by atoms with E-state index in [1.807, 2.05) is 0 Å². The van der Waals surface area contributed by atoms with Crippen molar-refractivity contribution in [2.24, 2.45) is 0 Å². The van der Waals surface area contributed by atoms with Crippen molar-refractivity contribution in [1.29, 1.82) is 0 Å². The maximum Gasteiger partial charge on any atom is 0.324 e. The summed E-state index contributed by atoms with van der Waals surface area (Å²) >= 11 is 1.44. The molecule has 0 bridgehead atoms. The van der Waals surface area contributed by atoms with Crippen LogP contribution in [0.25, 0.3) is 0 Å². The van der Waals surface area contributed by atoms with E-state index in [0.717, 1.165) is 0 Å². The van der Waals surface area contributed by atoms with Crippen LogP contribution in [0.3, 0.4) is 0 Å². The number of carbonyl (C=O) groups is 1. The van der Waals surface area contributed by atoms with Crippen LogP contribution >= 0.6 is 11.8 Å². The minimum Gasteiger partial charge on any atom is -0.504 e. The number of aromatic hydroxyl groups is 1. The largest absolute Gasteiger partial charge is 0.504 e. The van der Waals surface area contributed by atoms with Crippen LogP contribution in [0.5, 0.6) is 11.5 Å². The van der Waals surface area contributed by atoms with Gasteiger partial charge in [0, 0.05) is 18.4 Å². The minimum absolute atomic E-state index is 0.0139. The predicted molar refractivity (Wildman–Crippen MR) is 101 cm³/mol. The predicted octanol–water partition coefficient (Wildman–Crippen LogP) is 1.63. The number of rotatable bonds is 12. The molecule has 2 rings (SSSR count). The first-order chi connectivity index (χ1) is 13.0. The third kappa shape index (κ3) is 6.25.